The summed E-state index contributed by atoms with van der Waals surface area (Å²) in [6, 6.07) is 14.0. The highest BCUT2D eigenvalue weighted by molar-refractivity contribution is 7.98. The second-order valence-corrected chi connectivity index (χ2v) is 9.41. The predicted molar refractivity (Wildman–Crippen MR) is 138 cm³/mol. The lowest BCUT2D eigenvalue weighted by molar-refractivity contribution is -0.384. The minimum absolute atomic E-state index is 0.0291. The first-order chi connectivity index (χ1) is 17.5. The maximum Gasteiger partial charge on any atom is 0.269 e. The van der Waals surface area contributed by atoms with Gasteiger partial charge in [-0.3, -0.25) is 19.5 Å². The molecular weight excluding hydrogens is 480 g/mol. The van der Waals surface area contributed by atoms with Crippen LogP contribution >= 0.6 is 11.8 Å². The molecule has 0 radical (unpaired) electrons. The zero-order valence-corrected chi connectivity index (χ0v) is 21.3. The molecule has 4 rings (SSSR count). The van der Waals surface area contributed by atoms with Crippen molar-refractivity contribution in [2.45, 2.75) is 24.4 Å². The van der Waals surface area contributed by atoms with Crippen molar-refractivity contribution < 1.29 is 14.5 Å². The SMILES string of the molecule is CCN1CCN(C(=O)c2ccc(CSc3nnc(-c4ccc([N+](=O)[O-])cc4)n3CCOC)cc2)CC1. The summed E-state index contributed by atoms with van der Waals surface area (Å²) in [5.74, 6) is 1.38. The van der Waals surface area contributed by atoms with Crippen molar-refractivity contribution in [3.8, 4) is 11.4 Å². The third-order valence-electron chi connectivity index (χ3n) is 6.25. The molecule has 11 heteroatoms. The van der Waals surface area contributed by atoms with Crippen LogP contribution in [0.5, 0.6) is 0 Å². The van der Waals surface area contributed by atoms with Gasteiger partial charge in [0.1, 0.15) is 0 Å². The van der Waals surface area contributed by atoms with E-state index in [2.05, 4.69) is 22.0 Å². The van der Waals surface area contributed by atoms with E-state index >= 15 is 0 Å². The third-order valence-corrected chi connectivity index (χ3v) is 7.29. The Bertz CT molecular complexity index is 1170. The van der Waals surface area contributed by atoms with Crippen LogP contribution in [0.4, 0.5) is 5.69 Å². The number of thioether (sulfide) groups is 1. The monoisotopic (exact) mass is 510 g/mol. The summed E-state index contributed by atoms with van der Waals surface area (Å²) in [4.78, 5) is 27.7. The number of rotatable bonds is 10. The molecule has 2 aromatic carbocycles. The van der Waals surface area contributed by atoms with Crippen LogP contribution in [-0.2, 0) is 17.0 Å². The summed E-state index contributed by atoms with van der Waals surface area (Å²) in [6.07, 6.45) is 0. The number of benzene rings is 2. The lowest BCUT2D eigenvalue weighted by Gasteiger charge is -2.34. The summed E-state index contributed by atoms with van der Waals surface area (Å²) in [7, 11) is 1.63. The Morgan fingerprint density at radius 2 is 1.75 bits per heavy atom. The molecule has 1 saturated heterocycles. The molecule has 1 aliphatic heterocycles. The van der Waals surface area contributed by atoms with Gasteiger partial charge >= 0.3 is 0 Å². The average molecular weight is 511 g/mol. The van der Waals surface area contributed by atoms with Crippen LogP contribution in [0.25, 0.3) is 11.4 Å². The van der Waals surface area contributed by atoms with Gasteiger partial charge in [0.2, 0.25) is 0 Å². The van der Waals surface area contributed by atoms with Crippen LogP contribution in [0.15, 0.2) is 53.7 Å². The Labute approximate surface area is 214 Å². The number of carbonyl (C=O) groups excluding carboxylic acids is 1. The average Bonchev–Trinajstić information content (AvgIpc) is 3.33. The van der Waals surface area contributed by atoms with Gasteiger partial charge in [-0.05, 0) is 36.4 Å². The fourth-order valence-corrected chi connectivity index (χ4v) is 4.99. The van der Waals surface area contributed by atoms with Gasteiger partial charge in [-0.2, -0.15) is 0 Å². The number of ether oxygens (including phenoxy) is 1. The number of nitro benzene ring substituents is 1. The summed E-state index contributed by atoms with van der Waals surface area (Å²) in [5, 5.41) is 20.4. The highest BCUT2D eigenvalue weighted by atomic mass is 32.2. The highest BCUT2D eigenvalue weighted by Crippen LogP contribution is 2.28. The minimum atomic E-state index is -0.425. The molecule has 0 atom stereocenters. The molecule has 2 heterocycles. The van der Waals surface area contributed by atoms with Crippen LogP contribution in [0.3, 0.4) is 0 Å². The molecule has 0 N–H and O–H groups in total. The number of likely N-dealkylation sites (N-methyl/N-ethyl adjacent to an activating group) is 1. The number of hydrogen-bond acceptors (Lipinski definition) is 8. The van der Waals surface area contributed by atoms with Crippen molar-refractivity contribution in [2.24, 2.45) is 0 Å². The van der Waals surface area contributed by atoms with E-state index in [0.29, 0.717) is 30.3 Å². The Morgan fingerprint density at radius 3 is 2.36 bits per heavy atom. The van der Waals surface area contributed by atoms with Crippen LogP contribution in [0, 0.1) is 10.1 Å². The fourth-order valence-electron chi connectivity index (χ4n) is 4.07. The van der Waals surface area contributed by atoms with Crippen molar-refractivity contribution in [1.29, 1.82) is 0 Å². The van der Waals surface area contributed by atoms with Crippen LogP contribution in [0.2, 0.25) is 0 Å². The van der Waals surface area contributed by atoms with E-state index in [4.69, 9.17) is 4.74 Å². The van der Waals surface area contributed by atoms with E-state index in [1.807, 2.05) is 33.7 Å². The number of nitro groups is 1. The minimum Gasteiger partial charge on any atom is -0.383 e. The van der Waals surface area contributed by atoms with Crippen molar-refractivity contribution in [3.05, 3.63) is 69.8 Å². The Kier molecular flexibility index (Phi) is 8.68. The number of piperazine rings is 1. The van der Waals surface area contributed by atoms with E-state index in [9.17, 15) is 14.9 Å². The number of non-ortho nitro benzene ring substituents is 1. The lowest BCUT2D eigenvalue weighted by Crippen LogP contribution is -2.48. The molecule has 0 unspecified atom stereocenters. The largest absolute Gasteiger partial charge is 0.383 e. The van der Waals surface area contributed by atoms with E-state index < -0.39 is 4.92 Å². The van der Waals surface area contributed by atoms with Crippen LogP contribution in [-0.4, -0.2) is 81.8 Å². The summed E-state index contributed by atoms with van der Waals surface area (Å²) < 4.78 is 7.22. The molecule has 3 aromatic rings. The number of hydrogen-bond donors (Lipinski definition) is 0. The van der Waals surface area contributed by atoms with Crippen LogP contribution < -0.4 is 0 Å². The smallest absolute Gasteiger partial charge is 0.269 e. The van der Waals surface area contributed by atoms with E-state index in [-0.39, 0.29) is 11.6 Å². The van der Waals surface area contributed by atoms with E-state index in [0.717, 1.165) is 49.0 Å². The summed E-state index contributed by atoms with van der Waals surface area (Å²) >= 11 is 1.54. The first-order valence-electron chi connectivity index (χ1n) is 11.9. The molecule has 1 amide bonds. The van der Waals surface area contributed by atoms with Gasteiger partial charge in [0.05, 0.1) is 18.1 Å². The van der Waals surface area contributed by atoms with Gasteiger partial charge in [-0.15, -0.1) is 10.2 Å². The van der Waals surface area contributed by atoms with Crippen molar-refractivity contribution in [1.82, 2.24) is 24.6 Å². The van der Waals surface area contributed by atoms with Gasteiger partial charge in [-0.25, -0.2) is 0 Å². The maximum atomic E-state index is 12.9. The third kappa shape index (κ3) is 6.10. The van der Waals surface area contributed by atoms with Gasteiger partial charge in [0, 0.05) is 62.3 Å². The summed E-state index contributed by atoms with van der Waals surface area (Å²) in [6.45, 7) is 7.56. The highest BCUT2D eigenvalue weighted by Gasteiger charge is 2.21. The Hall–Kier alpha value is -3.28. The zero-order valence-electron chi connectivity index (χ0n) is 20.5. The maximum absolute atomic E-state index is 12.9. The van der Waals surface area contributed by atoms with Gasteiger partial charge < -0.3 is 14.5 Å². The van der Waals surface area contributed by atoms with E-state index in [1.54, 1.807) is 31.0 Å². The molecular formula is C25H30N6O4S. The topological polar surface area (TPSA) is 107 Å². The van der Waals surface area contributed by atoms with Crippen molar-refractivity contribution >= 4 is 23.4 Å². The van der Waals surface area contributed by atoms with Gasteiger partial charge in [0.15, 0.2) is 11.0 Å². The molecule has 0 spiro atoms. The second-order valence-electron chi connectivity index (χ2n) is 8.47. The standard InChI is InChI=1S/C25H30N6O4S/c1-3-28-12-14-29(15-13-28)24(32)21-6-4-19(5-7-21)18-36-25-27-26-23(30(25)16-17-35-2)20-8-10-22(11-9-20)31(33)34/h4-11H,3,12-18H2,1-2H3. The fraction of sp³-hybridized carbons (Fsp3) is 0.400. The first kappa shape index (κ1) is 25.8. The number of aromatic nitrogens is 3. The zero-order chi connectivity index (χ0) is 25.5. The normalized spacial score (nSPS) is 14.2. The lowest BCUT2D eigenvalue weighted by atomic mass is 10.1. The second kappa shape index (κ2) is 12.1. The molecule has 0 bridgehead atoms. The van der Waals surface area contributed by atoms with Crippen LogP contribution in [0.1, 0.15) is 22.8 Å². The van der Waals surface area contributed by atoms with Crippen molar-refractivity contribution in [3.63, 3.8) is 0 Å². The molecule has 36 heavy (non-hydrogen) atoms. The molecule has 10 nitrogen and oxygen atoms in total. The Balaban J connectivity index is 1.42. The summed E-state index contributed by atoms with van der Waals surface area (Å²) in [5.41, 5.74) is 2.56. The number of nitrogens with zero attached hydrogens (tertiary/aromatic N) is 6. The number of methoxy groups -OCH3 is 1. The quantitative estimate of drug-likeness (QED) is 0.232. The van der Waals surface area contributed by atoms with Gasteiger partial charge in [0.25, 0.3) is 11.6 Å². The first-order valence-corrected chi connectivity index (χ1v) is 12.9. The molecule has 1 aliphatic rings. The molecule has 190 valence electrons. The Morgan fingerprint density at radius 1 is 1.06 bits per heavy atom. The molecule has 1 fully saturated rings. The molecule has 0 aliphatic carbocycles. The number of amides is 1. The van der Waals surface area contributed by atoms with E-state index in [1.165, 1.54) is 12.1 Å². The van der Waals surface area contributed by atoms with Gasteiger partial charge in [-0.1, -0.05) is 30.8 Å². The van der Waals surface area contributed by atoms with Crippen molar-refractivity contribution in [2.75, 3.05) is 46.4 Å². The predicted octanol–water partition coefficient (Wildman–Crippen LogP) is 3.57. The molecule has 0 saturated carbocycles. The molecule has 1 aromatic heterocycles. The number of carbonyl (C=O) groups is 1.